The van der Waals surface area contributed by atoms with Crippen LogP contribution in [0.5, 0.6) is 0 Å². The van der Waals surface area contributed by atoms with Crippen LogP contribution in [0.2, 0.25) is 0 Å². The summed E-state index contributed by atoms with van der Waals surface area (Å²) < 4.78 is 0. The molecule has 1 amide bonds. The minimum Gasteiger partial charge on any atom is -0.393 e. The maximum absolute atomic E-state index is 11.6. The first kappa shape index (κ1) is 14.2. The van der Waals surface area contributed by atoms with Gasteiger partial charge in [0.05, 0.1) is 11.6 Å². The highest BCUT2D eigenvalue weighted by molar-refractivity contribution is 5.95. The fraction of sp³-hybridized carbons (Fsp3) is 0.250. The number of aromatic nitrogens is 1. The van der Waals surface area contributed by atoms with Crippen molar-refractivity contribution in [2.24, 2.45) is 0 Å². The molecule has 1 atom stereocenters. The number of aliphatic hydroxyl groups excluding tert-OH is 1. The maximum Gasteiger partial charge on any atom is 0.244 e. The Labute approximate surface area is 118 Å². The van der Waals surface area contributed by atoms with Crippen molar-refractivity contribution in [1.29, 1.82) is 0 Å². The third kappa shape index (κ3) is 3.90. The Kier molecular flexibility index (Phi) is 4.85. The molecule has 1 aromatic heterocycles. The quantitative estimate of drug-likeness (QED) is 0.818. The van der Waals surface area contributed by atoms with Crippen molar-refractivity contribution in [3.05, 3.63) is 48.2 Å². The van der Waals surface area contributed by atoms with E-state index in [1.54, 1.807) is 19.2 Å². The van der Waals surface area contributed by atoms with Crippen LogP contribution in [-0.4, -0.2) is 28.6 Å². The van der Waals surface area contributed by atoms with Crippen LogP contribution in [0.15, 0.2) is 42.6 Å². The molecule has 20 heavy (non-hydrogen) atoms. The van der Waals surface area contributed by atoms with Gasteiger partial charge >= 0.3 is 0 Å². The molecule has 0 aliphatic heterocycles. The summed E-state index contributed by atoms with van der Waals surface area (Å²) in [6, 6.07) is 9.73. The molecular formula is C16H18N2O2. The fourth-order valence-corrected chi connectivity index (χ4v) is 1.89. The number of amides is 1. The molecule has 4 nitrogen and oxygen atoms in total. The van der Waals surface area contributed by atoms with Crippen LogP contribution < -0.4 is 5.32 Å². The number of benzene rings is 1. The van der Waals surface area contributed by atoms with E-state index in [0.717, 1.165) is 16.5 Å². The molecule has 1 unspecified atom stereocenters. The van der Waals surface area contributed by atoms with E-state index < -0.39 is 6.10 Å². The molecule has 0 fully saturated rings. The molecule has 2 aromatic rings. The van der Waals surface area contributed by atoms with E-state index in [1.165, 1.54) is 6.08 Å². The summed E-state index contributed by atoms with van der Waals surface area (Å²) in [4.78, 5) is 16.0. The molecule has 0 spiro atoms. The first-order valence-corrected chi connectivity index (χ1v) is 6.64. The van der Waals surface area contributed by atoms with Crippen LogP contribution in [0.4, 0.5) is 0 Å². The molecule has 0 aliphatic carbocycles. The molecule has 0 radical (unpaired) electrons. The average Bonchev–Trinajstić information content (AvgIpc) is 2.44. The van der Waals surface area contributed by atoms with Gasteiger partial charge < -0.3 is 10.4 Å². The van der Waals surface area contributed by atoms with Gasteiger partial charge in [0.25, 0.3) is 0 Å². The van der Waals surface area contributed by atoms with Crippen LogP contribution in [0.3, 0.4) is 0 Å². The van der Waals surface area contributed by atoms with Gasteiger partial charge in [0.15, 0.2) is 0 Å². The van der Waals surface area contributed by atoms with Crippen molar-refractivity contribution in [3.63, 3.8) is 0 Å². The molecule has 2 rings (SSSR count). The molecule has 1 heterocycles. The number of carbonyl (C=O) groups excluding carboxylic acids is 1. The monoisotopic (exact) mass is 270 g/mol. The van der Waals surface area contributed by atoms with Crippen LogP contribution in [0.25, 0.3) is 17.0 Å². The molecule has 4 heteroatoms. The van der Waals surface area contributed by atoms with E-state index in [9.17, 15) is 4.79 Å². The molecule has 2 N–H and O–H groups in total. The Morgan fingerprint density at radius 1 is 1.40 bits per heavy atom. The average molecular weight is 270 g/mol. The highest BCUT2D eigenvalue weighted by Crippen LogP contribution is 2.16. The van der Waals surface area contributed by atoms with Gasteiger partial charge in [0.1, 0.15) is 0 Å². The van der Waals surface area contributed by atoms with E-state index >= 15 is 0 Å². The van der Waals surface area contributed by atoms with Gasteiger partial charge in [0, 0.05) is 29.8 Å². The SMILES string of the molecule is CC(O)CCNC(=O)C=Cc1cccc2cccnc12. The summed E-state index contributed by atoms with van der Waals surface area (Å²) in [6.45, 7) is 2.17. The van der Waals surface area contributed by atoms with E-state index in [4.69, 9.17) is 5.11 Å². The zero-order chi connectivity index (χ0) is 14.4. The van der Waals surface area contributed by atoms with E-state index in [0.29, 0.717) is 13.0 Å². The van der Waals surface area contributed by atoms with E-state index in [1.807, 2.05) is 30.3 Å². The number of para-hydroxylation sites is 1. The topological polar surface area (TPSA) is 62.2 Å². The predicted molar refractivity (Wildman–Crippen MR) is 80.1 cm³/mol. The van der Waals surface area contributed by atoms with Gasteiger partial charge in [-0.1, -0.05) is 24.3 Å². The zero-order valence-electron chi connectivity index (χ0n) is 11.4. The van der Waals surface area contributed by atoms with Gasteiger partial charge in [-0.15, -0.1) is 0 Å². The minimum absolute atomic E-state index is 0.168. The summed E-state index contributed by atoms with van der Waals surface area (Å²) in [7, 11) is 0. The van der Waals surface area contributed by atoms with Crippen molar-refractivity contribution in [1.82, 2.24) is 10.3 Å². The number of aliphatic hydroxyl groups is 1. The number of carbonyl (C=O) groups is 1. The van der Waals surface area contributed by atoms with Crippen molar-refractivity contribution >= 4 is 22.9 Å². The number of hydrogen-bond acceptors (Lipinski definition) is 3. The number of fused-ring (bicyclic) bond motifs is 1. The molecule has 0 saturated heterocycles. The lowest BCUT2D eigenvalue weighted by Gasteiger charge is -2.04. The highest BCUT2D eigenvalue weighted by atomic mass is 16.3. The molecule has 104 valence electrons. The minimum atomic E-state index is -0.401. The fourth-order valence-electron chi connectivity index (χ4n) is 1.89. The third-order valence-corrected chi connectivity index (χ3v) is 2.94. The van der Waals surface area contributed by atoms with E-state index in [-0.39, 0.29) is 5.91 Å². The lowest BCUT2D eigenvalue weighted by atomic mass is 10.1. The highest BCUT2D eigenvalue weighted by Gasteiger charge is 2.00. The lowest BCUT2D eigenvalue weighted by Crippen LogP contribution is -2.24. The Bertz CT molecular complexity index is 615. The van der Waals surface area contributed by atoms with Gasteiger partial charge in [-0.25, -0.2) is 0 Å². The number of hydrogen-bond donors (Lipinski definition) is 2. The second-order valence-electron chi connectivity index (χ2n) is 4.68. The summed E-state index contributed by atoms with van der Waals surface area (Å²) >= 11 is 0. The summed E-state index contributed by atoms with van der Waals surface area (Å²) in [5, 5.41) is 12.9. The Morgan fingerprint density at radius 3 is 3.00 bits per heavy atom. The Balaban J connectivity index is 2.04. The Morgan fingerprint density at radius 2 is 2.20 bits per heavy atom. The normalized spacial score (nSPS) is 12.7. The van der Waals surface area contributed by atoms with Crippen LogP contribution in [-0.2, 0) is 4.79 Å². The maximum atomic E-state index is 11.6. The second kappa shape index (κ2) is 6.82. The molecule has 0 aliphatic rings. The molecule has 0 saturated carbocycles. The number of rotatable bonds is 5. The van der Waals surface area contributed by atoms with Crippen molar-refractivity contribution in [2.75, 3.05) is 6.54 Å². The van der Waals surface area contributed by atoms with Gasteiger partial charge in [-0.3, -0.25) is 9.78 Å². The largest absolute Gasteiger partial charge is 0.393 e. The van der Waals surface area contributed by atoms with Crippen LogP contribution in [0.1, 0.15) is 18.9 Å². The van der Waals surface area contributed by atoms with Crippen molar-refractivity contribution < 1.29 is 9.90 Å². The van der Waals surface area contributed by atoms with Crippen molar-refractivity contribution in [2.45, 2.75) is 19.4 Å². The predicted octanol–water partition coefficient (Wildman–Crippen LogP) is 2.14. The number of pyridine rings is 1. The standard InChI is InChI=1S/C16H18N2O2/c1-12(19)9-11-17-15(20)8-7-14-5-2-4-13-6-3-10-18-16(13)14/h2-8,10,12,19H,9,11H2,1H3,(H,17,20). The zero-order valence-corrected chi connectivity index (χ0v) is 11.4. The molecular weight excluding hydrogens is 252 g/mol. The van der Waals surface area contributed by atoms with Gasteiger partial charge in [-0.2, -0.15) is 0 Å². The number of nitrogens with zero attached hydrogens (tertiary/aromatic N) is 1. The van der Waals surface area contributed by atoms with E-state index in [2.05, 4.69) is 10.3 Å². The van der Waals surface area contributed by atoms with Gasteiger partial charge in [-0.05, 0) is 25.5 Å². The lowest BCUT2D eigenvalue weighted by molar-refractivity contribution is -0.116. The third-order valence-electron chi connectivity index (χ3n) is 2.94. The second-order valence-corrected chi connectivity index (χ2v) is 4.68. The summed E-state index contributed by atoms with van der Waals surface area (Å²) in [5.74, 6) is -0.168. The summed E-state index contributed by atoms with van der Waals surface area (Å²) in [6.07, 6.45) is 5.14. The van der Waals surface area contributed by atoms with Crippen molar-refractivity contribution in [3.8, 4) is 0 Å². The molecule has 1 aromatic carbocycles. The number of nitrogens with one attached hydrogen (secondary N) is 1. The molecule has 0 bridgehead atoms. The smallest absolute Gasteiger partial charge is 0.244 e. The Hall–Kier alpha value is -2.20. The van der Waals surface area contributed by atoms with Crippen LogP contribution in [0, 0.1) is 0 Å². The first-order valence-electron chi connectivity index (χ1n) is 6.64. The van der Waals surface area contributed by atoms with Crippen LogP contribution >= 0.6 is 0 Å². The summed E-state index contributed by atoms with van der Waals surface area (Å²) in [5.41, 5.74) is 1.79. The first-order chi connectivity index (χ1) is 9.66. The van der Waals surface area contributed by atoms with Gasteiger partial charge in [0.2, 0.25) is 5.91 Å².